The first kappa shape index (κ1) is 29.7. The normalized spacial score (nSPS) is 10.7. The molecule has 0 saturated carbocycles. The predicted octanol–water partition coefficient (Wildman–Crippen LogP) is 9.08. The van der Waals surface area contributed by atoms with Crippen molar-refractivity contribution in [2.75, 3.05) is 0 Å². The molecule has 0 saturated heterocycles. The van der Waals surface area contributed by atoms with Crippen LogP contribution >= 0.6 is 0 Å². The number of ether oxygens (including phenoxy) is 1. The highest BCUT2D eigenvalue weighted by atomic mass is 16.5. The summed E-state index contributed by atoms with van der Waals surface area (Å²) in [7, 11) is 0. The molecule has 3 N–H and O–H groups in total. The van der Waals surface area contributed by atoms with Crippen molar-refractivity contribution in [3.8, 4) is 0 Å². The maximum Gasteiger partial charge on any atom is 0.306 e. The fourth-order valence-electron chi connectivity index (χ4n) is 4.04. The van der Waals surface area contributed by atoms with Gasteiger partial charge in [-0.2, -0.15) is 0 Å². The number of carbonyl (C=O) groups excluding carboxylic acids is 1. The molecule has 1 rings (SSSR count). The molecular weight excluding hydrogens is 382 g/mol. The third-order valence-electron chi connectivity index (χ3n) is 6.54. The molecule has 0 unspecified atom stereocenters. The number of hydrogen-bond acceptors (Lipinski definition) is 3. The number of unbranched alkanes of at least 4 members (excludes halogenated alkanes) is 14. The first-order valence-electron chi connectivity index (χ1n) is 12.8. The smallest absolute Gasteiger partial charge is 0.306 e. The van der Waals surface area contributed by atoms with E-state index < -0.39 is 0 Å². The third-order valence-corrected chi connectivity index (χ3v) is 6.54. The van der Waals surface area contributed by atoms with Crippen LogP contribution in [-0.2, 0) is 16.1 Å². The lowest BCUT2D eigenvalue weighted by Gasteiger charge is -2.11. The van der Waals surface area contributed by atoms with Crippen molar-refractivity contribution in [1.82, 2.24) is 6.15 Å². The second-order valence-electron chi connectivity index (χ2n) is 9.15. The molecule has 0 radical (unpaired) electrons. The van der Waals surface area contributed by atoms with Crippen LogP contribution in [0.3, 0.4) is 0 Å². The number of benzene rings is 1. The SMILES string of the molecule is CCCCCCCCCCCCCCCCCC(=O)OCc1ccc(C)c(C)c1C.N. The van der Waals surface area contributed by atoms with Gasteiger partial charge < -0.3 is 10.9 Å². The van der Waals surface area contributed by atoms with E-state index in [0.29, 0.717) is 13.0 Å². The van der Waals surface area contributed by atoms with Gasteiger partial charge in [-0.3, -0.25) is 4.79 Å². The van der Waals surface area contributed by atoms with Gasteiger partial charge in [0.05, 0.1) is 0 Å². The summed E-state index contributed by atoms with van der Waals surface area (Å²) >= 11 is 0. The van der Waals surface area contributed by atoms with Crippen LogP contribution in [0.1, 0.15) is 132 Å². The Morgan fingerprint density at radius 2 is 1.13 bits per heavy atom. The number of carbonyl (C=O) groups is 1. The summed E-state index contributed by atoms with van der Waals surface area (Å²) in [5, 5.41) is 0. The van der Waals surface area contributed by atoms with Crippen LogP contribution in [0.5, 0.6) is 0 Å². The Hall–Kier alpha value is -1.35. The summed E-state index contributed by atoms with van der Waals surface area (Å²) in [5.74, 6) is -0.0534. The van der Waals surface area contributed by atoms with Crippen LogP contribution in [0.2, 0.25) is 0 Å². The molecule has 31 heavy (non-hydrogen) atoms. The molecule has 0 aliphatic heterocycles. The van der Waals surface area contributed by atoms with Gasteiger partial charge in [-0.25, -0.2) is 0 Å². The highest BCUT2D eigenvalue weighted by Crippen LogP contribution is 2.18. The number of hydrogen-bond donors (Lipinski definition) is 1. The lowest BCUT2D eigenvalue weighted by Crippen LogP contribution is -2.06. The Kier molecular flexibility index (Phi) is 18.5. The Morgan fingerprint density at radius 1 is 0.677 bits per heavy atom. The highest BCUT2D eigenvalue weighted by Gasteiger charge is 2.07. The summed E-state index contributed by atoms with van der Waals surface area (Å²) in [6, 6.07) is 4.19. The fourth-order valence-corrected chi connectivity index (χ4v) is 4.04. The van der Waals surface area contributed by atoms with Crippen molar-refractivity contribution < 1.29 is 9.53 Å². The van der Waals surface area contributed by atoms with Gasteiger partial charge >= 0.3 is 5.97 Å². The van der Waals surface area contributed by atoms with Gasteiger partial charge in [0.25, 0.3) is 0 Å². The van der Waals surface area contributed by atoms with E-state index in [1.54, 1.807) is 0 Å². The van der Waals surface area contributed by atoms with Gasteiger partial charge in [0.1, 0.15) is 6.61 Å². The van der Waals surface area contributed by atoms with Gasteiger partial charge in [-0.05, 0) is 49.4 Å². The van der Waals surface area contributed by atoms with E-state index in [1.807, 2.05) is 0 Å². The quantitative estimate of drug-likeness (QED) is 0.185. The predicted molar refractivity (Wildman–Crippen MR) is 135 cm³/mol. The van der Waals surface area contributed by atoms with Gasteiger partial charge in [-0.1, -0.05) is 109 Å². The average molecular weight is 434 g/mol. The molecule has 180 valence electrons. The molecule has 0 atom stereocenters. The summed E-state index contributed by atoms with van der Waals surface area (Å²) in [6.45, 7) is 9.05. The minimum Gasteiger partial charge on any atom is -0.461 e. The van der Waals surface area contributed by atoms with Crippen LogP contribution in [0.15, 0.2) is 12.1 Å². The number of aryl methyl sites for hydroxylation is 1. The van der Waals surface area contributed by atoms with Crippen LogP contribution in [-0.4, -0.2) is 5.97 Å². The highest BCUT2D eigenvalue weighted by molar-refractivity contribution is 5.69. The zero-order chi connectivity index (χ0) is 22.0. The van der Waals surface area contributed by atoms with Crippen molar-refractivity contribution in [1.29, 1.82) is 0 Å². The van der Waals surface area contributed by atoms with Gasteiger partial charge in [0.2, 0.25) is 0 Å². The molecule has 0 spiro atoms. The lowest BCUT2D eigenvalue weighted by molar-refractivity contribution is -0.145. The van der Waals surface area contributed by atoms with Crippen molar-refractivity contribution in [3.63, 3.8) is 0 Å². The molecular formula is C28H51NO2. The Labute approximate surface area is 193 Å². The molecule has 0 fully saturated rings. The Balaban J connectivity index is 0.00000900. The zero-order valence-electron chi connectivity index (χ0n) is 21.2. The van der Waals surface area contributed by atoms with Gasteiger partial charge in [0, 0.05) is 6.42 Å². The fraction of sp³-hybridized carbons (Fsp3) is 0.750. The zero-order valence-corrected chi connectivity index (χ0v) is 21.2. The van der Waals surface area contributed by atoms with E-state index in [1.165, 1.54) is 100 Å². The summed E-state index contributed by atoms with van der Waals surface area (Å²) < 4.78 is 5.48. The summed E-state index contributed by atoms with van der Waals surface area (Å²) in [6.07, 6.45) is 20.7. The largest absolute Gasteiger partial charge is 0.461 e. The molecule has 0 aliphatic rings. The minimum atomic E-state index is -0.0534. The molecule has 0 bridgehead atoms. The van der Waals surface area contributed by atoms with Crippen LogP contribution < -0.4 is 6.15 Å². The Bertz CT molecular complexity index is 583. The van der Waals surface area contributed by atoms with E-state index in [0.717, 1.165) is 18.4 Å². The van der Waals surface area contributed by atoms with E-state index >= 15 is 0 Å². The molecule has 3 heteroatoms. The van der Waals surface area contributed by atoms with Crippen molar-refractivity contribution in [2.24, 2.45) is 0 Å². The standard InChI is InChI=1S/C28H48O2.H3N/c1-5-6-7-8-9-10-11-12-13-14-15-16-17-18-19-20-28(29)30-23-27-22-21-24(2)25(3)26(27)4;/h21-22H,5-20,23H2,1-4H3;1H3. The minimum absolute atomic E-state index is 0. The third kappa shape index (κ3) is 14.4. The molecule has 0 amide bonds. The van der Waals surface area contributed by atoms with Crippen LogP contribution in [0.4, 0.5) is 0 Å². The number of rotatable bonds is 18. The van der Waals surface area contributed by atoms with E-state index in [2.05, 4.69) is 39.8 Å². The van der Waals surface area contributed by atoms with Crippen molar-refractivity contribution >= 4 is 5.97 Å². The van der Waals surface area contributed by atoms with Crippen LogP contribution in [0.25, 0.3) is 0 Å². The summed E-state index contributed by atoms with van der Waals surface area (Å²) in [4.78, 5) is 12.0. The monoisotopic (exact) mass is 433 g/mol. The molecule has 3 nitrogen and oxygen atoms in total. The summed E-state index contributed by atoms with van der Waals surface area (Å²) in [5.41, 5.74) is 4.96. The van der Waals surface area contributed by atoms with E-state index in [-0.39, 0.29) is 12.1 Å². The molecule has 0 aliphatic carbocycles. The van der Waals surface area contributed by atoms with Gasteiger partial charge in [0.15, 0.2) is 0 Å². The topological polar surface area (TPSA) is 61.3 Å². The number of esters is 1. The van der Waals surface area contributed by atoms with Crippen LogP contribution in [0, 0.1) is 20.8 Å². The lowest BCUT2D eigenvalue weighted by atomic mass is 9.99. The Morgan fingerprint density at radius 3 is 1.61 bits per heavy atom. The van der Waals surface area contributed by atoms with Crippen molar-refractivity contribution in [3.05, 3.63) is 34.4 Å². The molecule has 0 heterocycles. The first-order valence-corrected chi connectivity index (χ1v) is 12.8. The second-order valence-corrected chi connectivity index (χ2v) is 9.15. The van der Waals surface area contributed by atoms with Crippen molar-refractivity contribution in [2.45, 2.75) is 137 Å². The molecule has 1 aromatic rings. The first-order chi connectivity index (χ1) is 14.6. The van der Waals surface area contributed by atoms with E-state index in [9.17, 15) is 4.79 Å². The van der Waals surface area contributed by atoms with Gasteiger partial charge in [-0.15, -0.1) is 0 Å². The molecule has 1 aromatic carbocycles. The molecule has 0 aromatic heterocycles. The maximum atomic E-state index is 12.0. The second kappa shape index (κ2) is 19.3. The maximum absolute atomic E-state index is 12.0. The van der Waals surface area contributed by atoms with E-state index in [4.69, 9.17) is 4.74 Å². The average Bonchev–Trinajstić information content (AvgIpc) is 2.74.